The fourth-order valence-electron chi connectivity index (χ4n) is 0. The van der Waals surface area contributed by atoms with Crippen molar-refractivity contribution in [3.63, 3.8) is 0 Å². The van der Waals surface area contributed by atoms with Crippen molar-refractivity contribution < 1.29 is 8.42 Å². The highest BCUT2D eigenvalue weighted by Crippen LogP contribution is 2.08. The predicted molar refractivity (Wildman–Crippen MR) is 30.1 cm³/mol. The Morgan fingerprint density at radius 2 is 1.71 bits per heavy atom. The van der Waals surface area contributed by atoms with E-state index in [0.717, 1.165) is 0 Å². The van der Waals surface area contributed by atoms with Gasteiger partial charge in [-0.05, 0) is 6.92 Å². The lowest BCUT2D eigenvalue weighted by atomic mass is 11.0. The van der Waals surface area contributed by atoms with Gasteiger partial charge in [0.1, 0.15) is 4.71 Å². The van der Waals surface area contributed by atoms with E-state index in [1.54, 1.807) is 0 Å². The Morgan fingerprint density at radius 3 is 1.71 bits per heavy atom. The molecule has 2 nitrogen and oxygen atoms in total. The van der Waals surface area contributed by atoms with E-state index in [1.165, 1.54) is 6.92 Å². The monoisotopic (exact) mass is 162 g/mol. The number of hydrogen-bond donors (Lipinski definition) is 0. The Hall–Kier alpha value is 0.530. The fourth-order valence-corrected chi connectivity index (χ4v) is 0. The summed E-state index contributed by atoms with van der Waals surface area (Å²) < 4.78 is 18.9. The van der Waals surface area contributed by atoms with E-state index in [1.807, 2.05) is 0 Å². The van der Waals surface area contributed by atoms with E-state index in [9.17, 15) is 8.42 Å². The summed E-state index contributed by atoms with van der Waals surface area (Å²) in [4.78, 5) is 0. The van der Waals surface area contributed by atoms with E-state index < -0.39 is 13.8 Å². The van der Waals surface area contributed by atoms with Crippen molar-refractivity contribution in [1.29, 1.82) is 0 Å². The first-order chi connectivity index (χ1) is 2.94. The smallest absolute Gasteiger partial charge is 0.211 e. The topological polar surface area (TPSA) is 34.1 Å². The van der Waals surface area contributed by atoms with Gasteiger partial charge in [-0.2, -0.15) is 0 Å². The number of alkyl halides is 1. The Balaban J connectivity index is 4.10. The number of rotatable bonds is 1. The molecule has 0 bridgehead atoms. The summed E-state index contributed by atoms with van der Waals surface area (Å²) in [6.07, 6.45) is 0. The summed E-state index contributed by atoms with van der Waals surface area (Å²) in [7, 11) is 1.21. The summed E-state index contributed by atoms with van der Waals surface area (Å²) in [5.41, 5.74) is 0. The second-order valence-corrected chi connectivity index (χ2v) is 4.88. The van der Waals surface area contributed by atoms with Gasteiger partial charge in [0.15, 0.2) is 0 Å². The minimum absolute atomic E-state index is 0.992. The Bertz CT molecular complexity index is 136. The molecule has 0 radical (unpaired) electrons. The van der Waals surface area contributed by atoms with E-state index in [0.29, 0.717) is 0 Å². The van der Waals surface area contributed by atoms with Gasteiger partial charge in [-0.15, -0.1) is 11.6 Å². The van der Waals surface area contributed by atoms with Crippen LogP contribution in [-0.4, -0.2) is 13.1 Å². The lowest BCUT2D eigenvalue weighted by molar-refractivity contribution is 0.608. The van der Waals surface area contributed by atoms with Gasteiger partial charge in [-0.25, -0.2) is 8.42 Å². The van der Waals surface area contributed by atoms with Gasteiger partial charge in [-0.1, -0.05) is 0 Å². The molecule has 44 valence electrons. The zero-order chi connectivity index (χ0) is 6.08. The molecule has 0 aliphatic rings. The van der Waals surface area contributed by atoms with E-state index >= 15 is 0 Å². The summed E-state index contributed by atoms with van der Waals surface area (Å²) in [6, 6.07) is 0. The Kier molecular flexibility index (Phi) is 2.37. The molecule has 0 aromatic heterocycles. The maximum atomic E-state index is 9.96. The van der Waals surface area contributed by atoms with Crippen molar-refractivity contribution in [1.82, 2.24) is 0 Å². The van der Waals surface area contributed by atoms with Gasteiger partial charge in [0.25, 0.3) is 0 Å². The van der Waals surface area contributed by atoms with Gasteiger partial charge in [-0.3, -0.25) is 0 Å². The first-order valence-corrected chi connectivity index (χ1v) is 4.33. The van der Waals surface area contributed by atoms with Crippen LogP contribution in [0.3, 0.4) is 0 Å². The second kappa shape index (κ2) is 2.20. The molecule has 0 aromatic rings. The lowest BCUT2D eigenvalue weighted by Gasteiger charge is -1.90. The Morgan fingerprint density at radius 1 is 1.57 bits per heavy atom. The van der Waals surface area contributed by atoms with Crippen LogP contribution >= 0.6 is 22.3 Å². The van der Waals surface area contributed by atoms with Crippen LogP contribution in [0.25, 0.3) is 0 Å². The van der Waals surface area contributed by atoms with Crippen LogP contribution in [0.2, 0.25) is 0 Å². The molecule has 0 rings (SSSR count). The third kappa shape index (κ3) is 3.14. The highest BCUT2D eigenvalue weighted by Gasteiger charge is 2.11. The van der Waals surface area contributed by atoms with Crippen molar-refractivity contribution in [3.05, 3.63) is 0 Å². The highest BCUT2D eigenvalue weighted by molar-refractivity contribution is 8.15. The van der Waals surface area contributed by atoms with Crippen molar-refractivity contribution in [2.45, 2.75) is 11.6 Å². The van der Waals surface area contributed by atoms with Gasteiger partial charge < -0.3 is 0 Å². The largest absolute Gasteiger partial charge is 0.249 e. The summed E-state index contributed by atoms with van der Waals surface area (Å²) >= 11 is 5.03. The van der Waals surface area contributed by atoms with E-state index in [-0.39, 0.29) is 0 Å². The molecule has 7 heavy (non-hydrogen) atoms. The molecule has 0 saturated carbocycles. The maximum absolute atomic E-state index is 9.96. The van der Waals surface area contributed by atoms with Crippen LogP contribution in [0.5, 0.6) is 0 Å². The van der Waals surface area contributed by atoms with Crippen molar-refractivity contribution in [2.75, 3.05) is 0 Å². The number of halogens is 2. The van der Waals surface area contributed by atoms with Crippen LogP contribution in [0.15, 0.2) is 0 Å². The molecule has 5 heteroatoms. The molecular weight excluding hydrogens is 159 g/mol. The van der Waals surface area contributed by atoms with Gasteiger partial charge in [0.05, 0.1) is 0 Å². The van der Waals surface area contributed by atoms with Crippen molar-refractivity contribution in [2.24, 2.45) is 0 Å². The van der Waals surface area contributed by atoms with Gasteiger partial charge in [0, 0.05) is 10.7 Å². The molecule has 0 aliphatic heterocycles. The summed E-state index contributed by atoms with van der Waals surface area (Å²) in [6.45, 7) is 1.30. The average Bonchev–Trinajstić information content (AvgIpc) is 1.31. The average molecular weight is 163 g/mol. The van der Waals surface area contributed by atoms with Crippen LogP contribution in [0.1, 0.15) is 6.92 Å². The van der Waals surface area contributed by atoms with Crippen LogP contribution in [0, 0.1) is 0 Å². The highest BCUT2D eigenvalue weighted by atomic mass is 35.7. The molecule has 0 saturated heterocycles. The lowest BCUT2D eigenvalue weighted by Crippen LogP contribution is -2.01. The molecule has 0 aliphatic carbocycles. The third-order valence-corrected chi connectivity index (χ3v) is 2.94. The zero-order valence-corrected chi connectivity index (χ0v) is 5.89. The second-order valence-electron chi connectivity index (χ2n) is 1.02. The molecule has 0 amide bonds. The molecule has 0 spiro atoms. The summed E-state index contributed by atoms with van der Waals surface area (Å²) in [5, 5.41) is 0. The minimum Gasteiger partial charge on any atom is -0.211 e. The third-order valence-electron chi connectivity index (χ3n) is 0.388. The predicted octanol–water partition coefficient (Wildman–Crippen LogP) is 1.14. The number of hydrogen-bond acceptors (Lipinski definition) is 2. The first kappa shape index (κ1) is 7.53. The summed E-state index contributed by atoms with van der Waals surface area (Å²) in [5.74, 6) is 0. The zero-order valence-electron chi connectivity index (χ0n) is 3.56. The molecule has 0 fully saturated rings. The van der Waals surface area contributed by atoms with E-state index in [2.05, 4.69) is 0 Å². The molecule has 0 heterocycles. The van der Waals surface area contributed by atoms with E-state index in [4.69, 9.17) is 22.3 Å². The molecule has 1 atom stereocenters. The quantitative estimate of drug-likeness (QED) is 0.429. The van der Waals surface area contributed by atoms with Crippen molar-refractivity contribution in [3.8, 4) is 0 Å². The maximum Gasteiger partial charge on any atom is 0.249 e. The SMILES string of the molecule is CC(Cl)S(=O)(=O)Cl. The van der Waals surface area contributed by atoms with Crippen LogP contribution < -0.4 is 0 Å². The molecule has 0 N–H and O–H groups in total. The molecule has 0 aromatic carbocycles. The normalized spacial score (nSPS) is 16.4. The Labute approximate surface area is 51.8 Å². The van der Waals surface area contributed by atoms with Crippen LogP contribution in [-0.2, 0) is 9.05 Å². The van der Waals surface area contributed by atoms with Crippen LogP contribution in [0.4, 0.5) is 0 Å². The first-order valence-electron chi connectivity index (χ1n) is 1.52. The molecular formula is C2H4Cl2O2S. The molecule has 1 unspecified atom stereocenters. The minimum atomic E-state index is -3.50. The van der Waals surface area contributed by atoms with Gasteiger partial charge in [0.2, 0.25) is 9.05 Å². The fraction of sp³-hybridized carbons (Fsp3) is 1.00. The van der Waals surface area contributed by atoms with Gasteiger partial charge >= 0.3 is 0 Å². The van der Waals surface area contributed by atoms with Crippen molar-refractivity contribution >= 4 is 31.3 Å². The standard InChI is InChI=1S/C2H4Cl2O2S/c1-2(3)7(4,5)6/h2H,1H3.